The van der Waals surface area contributed by atoms with Gasteiger partial charge >= 0.3 is 0 Å². The number of aliphatic hydroxyl groups excluding tert-OH is 1. The summed E-state index contributed by atoms with van der Waals surface area (Å²) in [5.41, 5.74) is 3.60. The van der Waals surface area contributed by atoms with Crippen LogP contribution in [0.2, 0.25) is 5.02 Å². The van der Waals surface area contributed by atoms with Crippen LogP contribution in [0, 0.1) is 0 Å². The first-order valence-corrected chi connectivity index (χ1v) is 9.42. The van der Waals surface area contributed by atoms with Crippen molar-refractivity contribution < 1.29 is 9.90 Å². The lowest BCUT2D eigenvalue weighted by Crippen LogP contribution is -2.38. The SMILES string of the molecule is O=C1c2ccc(Cl)cc2CCN1c1cncc(CN2CCCC(O)C2)c1. The minimum atomic E-state index is -0.244. The molecule has 1 N–H and O–H groups in total. The maximum absolute atomic E-state index is 12.9. The Hall–Kier alpha value is -1.95. The molecule has 1 atom stereocenters. The molecule has 0 spiro atoms. The number of benzene rings is 1. The number of β-amino-alcohol motifs (C(OH)–C–C–N with tert-alkyl or cyclic N) is 1. The fourth-order valence-corrected chi connectivity index (χ4v) is 4.04. The molecule has 2 aliphatic rings. The summed E-state index contributed by atoms with van der Waals surface area (Å²) in [6, 6.07) is 7.48. The Balaban J connectivity index is 1.53. The van der Waals surface area contributed by atoms with Gasteiger partial charge in [0, 0.05) is 36.4 Å². The van der Waals surface area contributed by atoms with E-state index in [1.807, 2.05) is 18.3 Å². The number of carbonyl (C=O) groups excluding carboxylic acids is 1. The number of nitrogens with zero attached hydrogens (tertiary/aromatic N) is 3. The Morgan fingerprint density at radius 2 is 2.12 bits per heavy atom. The van der Waals surface area contributed by atoms with Crippen LogP contribution in [0.1, 0.15) is 34.3 Å². The molecule has 2 aliphatic heterocycles. The molecule has 1 amide bonds. The molecule has 0 saturated carbocycles. The number of piperidine rings is 1. The highest BCUT2D eigenvalue weighted by molar-refractivity contribution is 6.30. The summed E-state index contributed by atoms with van der Waals surface area (Å²) >= 11 is 6.04. The van der Waals surface area contributed by atoms with Crippen molar-refractivity contribution in [3.8, 4) is 0 Å². The number of aromatic nitrogens is 1. The van der Waals surface area contributed by atoms with Crippen LogP contribution in [0.4, 0.5) is 5.69 Å². The molecule has 136 valence electrons. The highest BCUT2D eigenvalue weighted by Crippen LogP contribution is 2.27. The van der Waals surface area contributed by atoms with Gasteiger partial charge in [-0.05, 0) is 61.2 Å². The first kappa shape index (κ1) is 17.5. The summed E-state index contributed by atoms with van der Waals surface area (Å²) in [5, 5.41) is 10.5. The van der Waals surface area contributed by atoms with E-state index in [0.29, 0.717) is 23.7 Å². The lowest BCUT2D eigenvalue weighted by atomic mass is 9.98. The average Bonchev–Trinajstić information content (AvgIpc) is 2.62. The van der Waals surface area contributed by atoms with Gasteiger partial charge in [0.05, 0.1) is 18.0 Å². The van der Waals surface area contributed by atoms with Crippen molar-refractivity contribution in [2.75, 3.05) is 24.5 Å². The highest BCUT2D eigenvalue weighted by Gasteiger charge is 2.26. The van der Waals surface area contributed by atoms with Crippen LogP contribution in [0.25, 0.3) is 0 Å². The molecule has 3 heterocycles. The third kappa shape index (κ3) is 3.61. The molecule has 0 bridgehead atoms. The molecule has 5 nitrogen and oxygen atoms in total. The van der Waals surface area contributed by atoms with Gasteiger partial charge in [-0.25, -0.2) is 0 Å². The van der Waals surface area contributed by atoms with Gasteiger partial charge in [0.25, 0.3) is 5.91 Å². The number of halogens is 1. The van der Waals surface area contributed by atoms with E-state index in [-0.39, 0.29) is 12.0 Å². The summed E-state index contributed by atoms with van der Waals surface area (Å²) in [5.74, 6) is -0.00439. The molecule has 1 aromatic carbocycles. The fourth-order valence-electron chi connectivity index (χ4n) is 3.84. The number of fused-ring (bicyclic) bond motifs is 1. The van der Waals surface area contributed by atoms with E-state index in [9.17, 15) is 9.90 Å². The second-order valence-corrected chi connectivity index (χ2v) is 7.53. The third-order valence-corrected chi connectivity index (χ3v) is 5.36. The lowest BCUT2D eigenvalue weighted by Gasteiger charge is -2.31. The second kappa shape index (κ2) is 7.35. The zero-order chi connectivity index (χ0) is 18.1. The summed E-state index contributed by atoms with van der Waals surface area (Å²) in [6.07, 6.45) is 6.01. The standard InChI is InChI=1S/C20H22ClN3O2/c21-16-3-4-19-15(9-16)5-7-24(20(19)26)17-8-14(10-22-11-17)12-23-6-1-2-18(25)13-23/h3-4,8-11,18,25H,1-2,5-7,12-13H2. The van der Waals surface area contributed by atoms with Gasteiger partial charge in [0.15, 0.2) is 0 Å². The summed E-state index contributed by atoms with van der Waals surface area (Å²) < 4.78 is 0. The maximum atomic E-state index is 12.9. The number of carbonyl (C=O) groups is 1. The van der Waals surface area contributed by atoms with E-state index >= 15 is 0 Å². The predicted molar refractivity (Wildman–Crippen MR) is 102 cm³/mol. The van der Waals surface area contributed by atoms with Crippen LogP contribution in [0.5, 0.6) is 0 Å². The highest BCUT2D eigenvalue weighted by atomic mass is 35.5. The number of rotatable bonds is 3. The van der Waals surface area contributed by atoms with Crippen molar-refractivity contribution in [1.29, 1.82) is 0 Å². The number of pyridine rings is 1. The van der Waals surface area contributed by atoms with E-state index in [0.717, 1.165) is 49.2 Å². The van der Waals surface area contributed by atoms with Crippen LogP contribution in [0.3, 0.4) is 0 Å². The first-order valence-electron chi connectivity index (χ1n) is 9.05. The van der Waals surface area contributed by atoms with Crippen molar-refractivity contribution in [2.45, 2.75) is 31.9 Å². The van der Waals surface area contributed by atoms with Crippen LogP contribution in [0.15, 0.2) is 36.7 Å². The molecule has 26 heavy (non-hydrogen) atoms. The Morgan fingerprint density at radius 3 is 2.96 bits per heavy atom. The summed E-state index contributed by atoms with van der Waals surface area (Å²) in [4.78, 5) is 21.3. The van der Waals surface area contributed by atoms with Crippen LogP contribution < -0.4 is 4.90 Å². The summed E-state index contributed by atoms with van der Waals surface area (Å²) in [6.45, 7) is 3.05. The number of hydrogen-bond donors (Lipinski definition) is 1. The molecule has 0 aliphatic carbocycles. The maximum Gasteiger partial charge on any atom is 0.258 e. The van der Waals surface area contributed by atoms with Gasteiger partial charge < -0.3 is 10.0 Å². The normalized spacial score (nSPS) is 20.9. The van der Waals surface area contributed by atoms with Gasteiger partial charge in [-0.3, -0.25) is 14.7 Å². The minimum Gasteiger partial charge on any atom is -0.392 e. The molecule has 1 saturated heterocycles. The van der Waals surface area contributed by atoms with Crippen molar-refractivity contribution in [1.82, 2.24) is 9.88 Å². The number of likely N-dealkylation sites (tertiary alicyclic amines) is 1. The first-order chi connectivity index (χ1) is 12.6. The van der Waals surface area contributed by atoms with Crippen LogP contribution in [-0.4, -0.2) is 46.6 Å². The van der Waals surface area contributed by atoms with Crippen molar-refractivity contribution >= 4 is 23.2 Å². The van der Waals surface area contributed by atoms with E-state index in [4.69, 9.17) is 11.6 Å². The van der Waals surface area contributed by atoms with Gasteiger partial charge in [-0.15, -0.1) is 0 Å². The van der Waals surface area contributed by atoms with E-state index in [1.165, 1.54) is 0 Å². The van der Waals surface area contributed by atoms with Gasteiger partial charge in [-0.1, -0.05) is 11.6 Å². The lowest BCUT2D eigenvalue weighted by molar-refractivity contribution is 0.0668. The summed E-state index contributed by atoms with van der Waals surface area (Å²) in [7, 11) is 0. The van der Waals surface area contributed by atoms with Gasteiger partial charge in [0.2, 0.25) is 0 Å². The van der Waals surface area contributed by atoms with Crippen LogP contribution >= 0.6 is 11.6 Å². The predicted octanol–water partition coefficient (Wildman–Crippen LogP) is 2.89. The Labute approximate surface area is 158 Å². The minimum absolute atomic E-state index is 0.00439. The van der Waals surface area contributed by atoms with Crippen molar-refractivity contribution in [3.63, 3.8) is 0 Å². The molecule has 2 aromatic rings. The Bertz CT molecular complexity index is 826. The fraction of sp³-hybridized carbons (Fsp3) is 0.400. The molecule has 1 unspecified atom stereocenters. The van der Waals surface area contributed by atoms with Crippen molar-refractivity contribution in [3.05, 3.63) is 58.4 Å². The Kier molecular flexibility index (Phi) is 4.94. The quantitative estimate of drug-likeness (QED) is 0.901. The molecule has 0 radical (unpaired) electrons. The van der Waals surface area contributed by atoms with E-state index in [2.05, 4.69) is 9.88 Å². The number of anilines is 1. The van der Waals surface area contributed by atoms with Gasteiger partial charge in [-0.2, -0.15) is 0 Å². The number of aliphatic hydroxyl groups is 1. The average molecular weight is 372 g/mol. The second-order valence-electron chi connectivity index (χ2n) is 7.09. The third-order valence-electron chi connectivity index (χ3n) is 5.13. The van der Waals surface area contributed by atoms with Crippen molar-refractivity contribution in [2.24, 2.45) is 0 Å². The molecule has 4 rings (SSSR count). The number of hydrogen-bond acceptors (Lipinski definition) is 4. The molecular weight excluding hydrogens is 350 g/mol. The van der Waals surface area contributed by atoms with E-state index < -0.39 is 0 Å². The topological polar surface area (TPSA) is 56.7 Å². The zero-order valence-electron chi connectivity index (χ0n) is 14.6. The molecule has 1 fully saturated rings. The van der Waals surface area contributed by atoms with E-state index in [1.54, 1.807) is 23.2 Å². The number of amides is 1. The monoisotopic (exact) mass is 371 g/mol. The van der Waals surface area contributed by atoms with Gasteiger partial charge in [0.1, 0.15) is 0 Å². The van der Waals surface area contributed by atoms with Crippen LogP contribution in [-0.2, 0) is 13.0 Å². The zero-order valence-corrected chi connectivity index (χ0v) is 15.3. The molecule has 1 aromatic heterocycles. The molecular formula is C20H22ClN3O2. The smallest absolute Gasteiger partial charge is 0.258 e. The Morgan fingerprint density at radius 1 is 1.23 bits per heavy atom. The largest absolute Gasteiger partial charge is 0.392 e. The molecule has 6 heteroatoms.